The number of piperazine rings is 1. The van der Waals surface area contributed by atoms with E-state index in [2.05, 4.69) is 61.8 Å². The van der Waals surface area contributed by atoms with Gasteiger partial charge in [0.05, 0.1) is 12.6 Å². The Kier molecular flexibility index (Phi) is 8.45. The Labute approximate surface area is 233 Å². The zero-order valence-electron chi connectivity index (χ0n) is 23.5. The number of nitrogens with zero attached hydrogens (tertiary/aromatic N) is 4. The summed E-state index contributed by atoms with van der Waals surface area (Å²) in [7, 11) is 1.76. The summed E-state index contributed by atoms with van der Waals surface area (Å²) in [6, 6.07) is 12.9. The van der Waals surface area contributed by atoms with Gasteiger partial charge >= 0.3 is 0 Å². The molecule has 2 aromatic carbocycles. The number of rotatable bonds is 9. The fourth-order valence-electron chi connectivity index (χ4n) is 6.85. The molecule has 7 nitrogen and oxygen atoms in total. The van der Waals surface area contributed by atoms with Crippen LogP contribution in [0.3, 0.4) is 0 Å². The van der Waals surface area contributed by atoms with E-state index in [4.69, 9.17) is 9.72 Å². The van der Waals surface area contributed by atoms with Crippen molar-refractivity contribution < 1.29 is 4.74 Å². The molecule has 7 heteroatoms. The zero-order chi connectivity index (χ0) is 26.4. The number of methoxy groups -OCH3 is 1. The molecule has 2 aliphatic heterocycles. The molecular formula is C32H44N6O. The van der Waals surface area contributed by atoms with Crippen LogP contribution in [0.1, 0.15) is 62.8 Å². The number of nitrogens with one attached hydrogen (secondary N) is 2. The summed E-state index contributed by atoms with van der Waals surface area (Å²) in [5.74, 6) is 2.99. The molecule has 1 aliphatic carbocycles. The lowest BCUT2D eigenvalue weighted by molar-refractivity contribution is 0.227. The fraction of sp³-hybridized carbons (Fsp3) is 0.562. The number of benzene rings is 2. The number of fused-ring (bicyclic) bond motifs is 1. The minimum atomic E-state index is 0.516. The van der Waals surface area contributed by atoms with Crippen LogP contribution in [0.5, 0.6) is 5.75 Å². The van der Waals surface area contributed by atoms with Gasteiger partial charge in [-0.05, 0) is 93.3 Å². The van der Waals surface area contributed by atoms with Crippen LogP contribution in [-0.4, -0.2) is 67.8 Å². The molecule has 0 amide bonds. The van der Waals surface area contributed by atoms with Gasteiger partial charge in [0.1, 0.15) is 5.75 Å². The number of aromatic nitrogens is 2. The number of piperidine rings is 1. The maximum absolute atomic E-state index is 5.76. The second kappa shape index (κ2) is 12.5. The van der Waals surface area contributed by atoms with E-state index in [0.717, 1.165) is 54.4 Å². The molecule has 2 saturated heterocycles. The molecule has 6 rings (SSSR count). The number of anilines is 3. The molecule has 208 valence electrons. The highest BCUT2D eigenvalue weighted by atomic mass is 16.5. The Morgan fingerprint density at radius 1 is 0.949 bits per heavy atom. The first-order chi connectivity index (χ1) is 19.3. The number of ether oxygens (including phenoxy) is 1. The first kappa shape index (κ1) is 26.3. The minimum Gasteiger partial charge on any atom is -0.496 e. The molecule has 3 heterocycles. The lowest BCUT2D eigenvalue weighted by atomic mass is 9.92. The normalized spacial score (nSPS) is 19.6. The quantitative estimate of drug-likeness (QED) is 0.356. The molecular weight excluding hydrogens is 484 g/mol. The van der Waals surface area contributed by atoms with Crippen molar-refractivity contribution in [1.82, 2.24) is 20.2 Å². The van der Waals surface area contributed by atoms with Crippen LogP contribution in [0.2, 0.25) is 0 Å². The second-order valence-electron chi connectivity index (χ2n) is 11.6. The molecule has 39 heavy (non-hydrogen) atoms. The van der Waals surface area contributed by atoms with Crippen LogP contribution in [0.4, 0.5) is 17.3 Å². The van der Waals surface area contributed by atoms with Crippen LogP contribution in [0.25, 0.3) is 10.9 Å². The Hall–Kier alpha value is -2.90. The molecule has 3 aliphatic rings. The fourth-order valence-corrected chi connectivity index (χ4v) is 6.85. The SMILES string of the molecule is COc1ccc2cnc(Nc3ccc(N4CCC(CCCN5CCNCC5)CC4)cc3)nc2c1C1CCCC1. The summed E-state index contributed by atoms with van der Waals surface area (Å²) in [5.41, 5.74) is 4.60. The van der Waals surface area contributed by atoms with Gasteiger partial charge in [-0.3, -0.25) is 0 Å². The van der Waals surface area contributed by atoms with E-state index in [1.165, 1.54) is 82.3 Å². The van der Waals surface area contributed by atoms with Crippen molar-refractivity contribution in [3.8, 4) is 5.75 Å². The zero-order valence-corrected chi connectivity index (χ0v) is 23.5. The highest BCUT2D eigenvalue weighted by molar-refractivity contribution is 5.85. The van der Waals surface area contributed by atoms with Crippen molar-refractivity contribution in [3.05, 3.63) is 48.2 Å². The van der Waals surface area contributed by atoms with E-state index in [-0.39, 0.29) is 0 Å². The molecule has 0 radical (unpaired) electrons. The van der Waals surface area contributed by atoms with Crippen LogP contribution >= 0.6 is 0 Å². The van der Waals surface area contributed by atoms with Gasteiger partial charge in [0.15, 0.2) is 0 Å². The summed E-state index contributed by atoms with van der Waals surface area (Å²) in [6.07, 6.45) is 12.2. The van der Waals surface area contributed by atoms with Crippen molar-refractivity contribution in [2.75, 3.05) is 63.1 Å². The lowest BCUT2D eigenvalue weighted by Gasteiger charge is -2.34. The summed E-state index contributed by atoms with van der Waals surface area (Å²) < 4.78 is 5.76. The van der Waals surface area contributed by atoms with E-state index in [0.29, 0.717) is 11.9 Å². The van der Waals surface area contributed by atoms with Gasteiger partial charge in [0.25, 0.3) is 0 Å². The Morgan fingerprint density at radius 2 is 1.72 bits per heavy atom. The van der Waals surface area contributed by atoms with Crippen molar-refractivity contribution in [1.29, 1.82) is 0 Å². The third-order valence-electron chi connectivity index (χ3n) is 9.13. The standard InChI is InChI=1S/C32H44N6O/c1-39-29-13-8-26-23-34-32(36-31(26)30(29)25-6-2-3-7-25)35-27-9-11-28(12-10-27)38-19-14-24(15-20-38)5-4-18-37-21-16-33-17-22-37/h8-13,23-25,33H,2-7,14-22H2,1H3,(H,34,35,36). The summed E-state index contributed by atoms with van der Waals surface area (Å²) in [6.45, 7) is 8.32. The Bertz CT molecular complexity index is 1210. The lowest BCUT2D eigenvalue weighted by Crippen LogP contribution is -2.43. The Balaban J connectivity index is 1.05. The van der Waals surface area contributed by atoms with E-state index in [1.807, 2.05) is 6.20 Å². The van der Waals surface area contributed by atoms with E-state index < -0.39 is 0 Å². The van der Waals surface area contributed by atoms with E-state index >= 15 is 0 Å². The van der Waals surface area contributed by atoms with Gasteiger partial charge in [-0.15, -0.1) is 0 Å². The van der Waals surface area contributed by atoms with Crippen LogP contribution in [0.15, 0.2) is 42.6 Å². The molecule has 1 aromatic heterocycles. The highest BCUT2D eigenvalue weighted by Crippen LogP contribution is 2.42. The first-order valence-corrected chi connectivity index (χ1v) is 15.2. The largest absolute Gasteiger partial charge is 0.496 e. The minimum absolute atomic E-state index is 0.516. The average molecular weight is 529 g/mol. The van der Waals surface area contributed by atoms with E-state index in [1.54, 1.807) is 7.11 Å². The second-order valence-corrected chi connectivity index (χ2v) is 11.6. The van der Waals surface area contributed by atoms with Gasteiger partial charge in [-0.2, -0.15) is 0 Å². The van der Waals surface area contributed by atoms with Gasteiger partial charge in [0.2, 0.25) is 5.95 Å². The first-order valence-electron chi connectivity index (χ1n) is 15.2. The third kappa shape index (κ3) is 6.30. The van der Waals surface area contributed by atoms with Crippen molar-refractivity contribution >= 4 is 28.2 Å². The van der Waals surface area contributed by atoms with Crippen molar-refractivity contribution in [2.24, 2.45) is 5.92 Å². The molecule has 0 spiro atoms. The van der Waals surface area contributed by atoms with Crippen LogP contribution < -0.4 is 20.3 Å². The molecule has 0 atom stereocenters. The van der Waals surface area contributed by atoms with Gasteiger partial charge < -0.3 is 25.2 Å². The van der Waals surface area contributed by atoms with Crippen molar-refractivity contribution in [2.45, 2.75) is 57.3 Å². The predicted molar refractivity (Wildman–Crippen MR) is 161 cm³/mol. The molecule has 2 N–H and O–H groups in total. The maximum Gasteiger partial charge on any atom is 0.227 e. The molecule has 3 fully saturated rings. The van der Waals surface area contributed by atoms with Gasteiger partial charge in [0, 0.05) is 67.8 Å². The number of hydrogen-bond donors (Lipinski definition) is 2. The molecule has 0 bridgehead atoms. The van der Waals surface area contributed by atoms with Crippen LogP contribution in [-0.2, 0) is 0 Å². The summed E-state index contributed by atoms with van der Waals surface area (Å²) in [5, 5.41) is 7.97. The van der Waals surface area contributed by atoms with Crippen LogP contribution in [0, 0.1) is 5.92 Å². The molecule has 3 aromatic rings. The number of hydrogen-bond acceptors (Lipinski definition) is 7. The maximum atomic E-state index is 5.76. The van der Waals surface area contributed by atoms with Gasteiger partial charge in [-0.25, -0.2) is 9.97 Å². The van der Waals surface area contributed by atoms with E-state index in [9.17, 15) is 0 Å². The summed E-state index contributed by atoms with van der Waals surface area (Å²) >= 11 is 0. The summed E-state index contributed by atoms with van der Waals surface area (Å²) in [4.78, 5) is 14.8. The third-order valence-corrected chi connectivity index (χ3v) is 9.13. The topological polar surface area (TPSA) is 65.6 Å². The average Bonchev–Trinajstić information content (AvgIpc) is 3.52. The molecule has 0 unspecified atom stereocenters. The van der Waals surface area contributed by atoms with Crippen molar-refractivity contribution in [3.63, 3.8) is 0 Å². The highest BCUT2D eigenvalue weighted by Gasteiger charge is 2.24. The molecule has 1 saturated carbocycles. The predicted octanol–water partition coefficient (Wildman–Crippen LogP) is 5.94. The van der Waals surface area contributed by atoms with Gasteiger partial charge in [-0.1, -0.05) is 12.8 Å². The Morgan fingerprint density at radius 3 is 2.46 bits per heavy atom. The monoisotopic (exact) mass is 528 g/mol. The smallest absolute Gasteiger partial charge is 0.227 e.